The van der Waals surface area contributed by atoms with E-state index in [9.17, 15) is 4.79 Å². The number of piperazine rings is 1. The maximum atomic E-state index is 12.6. The third-order valence-electron chi connectivity index (χ3n) is 4.44. The molecule has 0 unspecified atom stereocenters. The quantitative estimate of drug-likeness (QED) is 0.856. The first-order valence-corrected chi connectivity index (χ1v) is 8.74. The molecule has 4 rings (SSSR count). The van der Waals surface area contributed by atoms with Crippen LogP contribution in [0.1, 0.15) is 10.7 Å². The van der Waals surface area contributed by atoms with Crippen LogP contribution in [0.4, 0.5) is 4.79 Å². The zero-order chi connectivity index (χ0) is 15.6. The number of thiazole rings is 1. The number of carbonyl (C=O) groups excluding carboxylic acids is 1. The van der Waals surface area contributed by atoms with Gasteiger partial charge in [0.2, 0.25) is 0 Å². The molecule has 120 valence electrons. The number of carbonyl (C=O) groups is 1. The highest BCUT2D eigenvalue weighted by molar-refractivity contribution is 7.09. The number of amides is 2. The first-order valence-electron chi connectivity index (χ1n) is 7.86. The van der Waals surface area contributed by atoms with Crippen LogP contribution in [0.3, 0.4) is 0 Å². The average Bonchev–Trinajstić information content (AvgIpc) is 3.17. The van der Waals surface area contributed by atoms with Gasteiger partial charge in [-0.1, -0.05) is 6.07 Å². The summed E-state index contributed by atoms with van der Waals surface area (Å²) in [5, 5.41) is 3.16. The Morgan fingerprint density at radius 1 is 1.13 bits per heavy atom. The first-order chi connectivity index (χ1) is 11.3. The van der Waals surface area contributed by atoms with Crippen LogP contribution in [0.15, 0.2) is 36.0 Å². The highest BCUT2D eigenvalue weighted by Crippen LogP contribution is 2.23. The van der Waals surface area contributed by atoms with Crippen molar-refractivity contribution in [3.8, 4) is 0 Å². The molecule has 7 heteroatoms. The SMILES string of the molecule is O=C1N(Cc2ccccn2)C[C@H]2CN(Cc3nccs3)CCN12. The molecule has 2 saturated heterocycles. The van der Waals surface area contributed by atoms with Crippen molar-refractivity contribution in [2.75, 3.05) is 26.2 Å². The normalized spacial score (nSPS) is 21.7. The summed E-state index contributed by atoms with van der Waals surface area (Å²) < 4.78 is 0. The molecule has 0 N–H and O–H groups in total. The van der Waals surface area contributed by atoms with Gasteiger partial charge in [-0.3, -0.25) is 9.88 Å². The van der Waals surface area contributed by atoms with Crippen molar-refractivity contribution in [3.05, 3.63) is 46.7 Å². The predicted octanol–water partition coefficient (Wildman–Crippen LogP) is 1.66. The lowest BCUT2D eigenvalue weighted by Crippen LogP contribution is -2.51. The second kappa shape index (κ2) is 6.25. The summed E-state index contributed by atoms with van der Waals surface area (Å²) in [5.74, 6) is 0. The lowest BCUT2D eigenvalue weighted by molar-refractivity contribution is 0.116. The Morgan fingerprint density at radius 2 is 2.09 bits per heavy atom. The fraction of sp³-hybridized carbons (Fsp3) is 0.438. The van der Waals surface area contributed by atoms with Crippen molar-refractivity contribution in [1.29, 1.82) is 0 Å². The van der Waals surface area contributed by atoms with Gasteiger partial charge in [0.1, 0.15) is 5.01 Å². The van der Waals surface area contributed by atoms with Crippen molar-refractivity contribution in [1.82, 2.24) is 24.7 Å². The number of pyridine rings is 1. The van der Waals surface area contributed by atoms with Gasteiger partial charge in [-0.2, -0.15) is 0 Å². The first kappa shape index (κ1) is 14.6. The van der Waals surface area contributed by atoms with E-state index in [0.29, 0.717) is 6.54 Å². The van der Waals surface area contributed by atoms with Gasteiger partial charge in [0.05, 0.1) is 24.8 Å². The van der Waals surface area contributed by atoms with Gasteiger partial charge in [0.25, 0.3) is 0 Å². The lowest BCUT2D eigenvalue weighted by atomic mass is 10.2. The molecule has 0 saturated carbocycles. The zero-order valence-corrected chi connectivity index (χ0v) is 13.7. The van der Waals surface area contributed by atoms with Crippen molar-refractivity contribution in [2.24, 2.45) is 0 Å². The minimum absolute atomic E-state index is 0.148. The van der Waals surface area contributed by atoms with E-state index in [1.54, 1.807) is 17.5 Å². The van der Waals surface area contributed by atoms with Gasteiger partial charge in [-0.25, -0.2) is 9.78 Å². The number of urea groups is 1. The standard InChI is InChI=1S/C16H19N5OS/c22-16-20(9-13-3-1-2-4-17-13)11-14-10-19(6-7-21(14)16)12-15-18-5-8-23-15/h1-5,8,14H,6-7,9-12H2/t14-/m1/s1. The van der Waals surface area contributed by atoms with Gasteiger partial charge >= 0.3 is 6.03 Å². The molecule has 6 nitrogen and oxygen atoms in total. The number of aromatic nitrogens is 2. The Kier molecular flexibility index (Phi) is 3.97. The van der Waals surface area contributed by atoms with Gasteiger partial charge in [-0.15, -0.1) is 11.3 Å². The van der Waals surface area contributed by atoms with Crippen LogP contribution in [-0.2, 0) is 13.1 Å². The predicted molar refractivity (Wildman–Crippen MR) is 87.9 cm³/mol. The Labute approximate surface area is 139 Å². The van der Waals surface area contributed by atoms with E-state index < -0.39 is 0 Å². The van der Waals surface area contributed by atoms with E-state index in [1.807, 2.05) is 39.6 Å². The topological polar surface area (TPSA) is 52.6 Å². The molecule has 2 amide bonds. The Balaban J connectivity index is 1.39. The molecule has 0 aromatic carbocycles. The largest absolute Gasteiger partial charge is 0.320 e. The molecule has 4 heterocycles. The molecule has 0 radical (unpaired) electrons. The fourth-order valence-electron chi connectivity index (χ4n) is 3.33. The number of nitrogens with zero attached hydrogens (tertiary/aromatic N) is 5. The number of fused-ring (bicyclic) bond motifs is 1. The molecular formula is C16H19N5OS. The van der Waals surface area contributed by atoms with Crippen LogP contribution in [0.25, 0.3) is 0 Å². The van der Waals surface area contributed by atoms with E-state index >= 15 is 0 Å². The van der Waals surface area contributed by atoms with Crippen LogP contribution in [-0.4, -0.2) is 62.9 Å². The summed E-state index contributed by atoms with van der Waals surface area (Å²) >= 11 is 1.69. The fourth-order valence-corrected chi connectivity index (χ4v) is 3.98. The molecule has 1 atom stereocenters. The van der Waals surface area contributed by atoms with Crippen LogP contribution >= 0.6 is 11.3 Å². The molecule has 2 aromatic heterocycles. The summed E-state index contributed by atoms with van der Waals surface area (Å²) in [4.78, 5) is 27.6. The molecule has 23 heavy (non-hydrogen) atoms. The number of hydrogen-bond donors (Lipinski definition) is 0. The third-order valence-corrected chi connectivity index (χ3v) is 5.20. The van der Waals surface area contributed by atoms with Crippen LogP contribution < -0.4 is 0 Å². The lowest BCUT2D eigenvalue weighted by Gasteiger charge is -2.35. The Morgan fingerprint density at radius 3 is 2.87 bits per heavy atom. The summed E-state index contributed by atoms with van der Waals surface area (Å²) in [5.41, 5.74) is 0.945. The van der Waals surface area contributed by atoms with Gasteiger partial charge in [0.15, 0.2) is 0 Å². The van der Waals surface area contributed by atoms with Gasteiger partial charge in [-0.05, 0) is 12.1 Å². The summed E-state index contributed by atoms with van der Waals surface area (Å²) in [7, 11) is 0. The zero-order valence-electron chi connectivity index (χ0n) is 12.8. The highest BCUT2D eigenvalue weighted by Gasteiger charge is 2.40. The Bertz CT molecular complexity index is 662. The minimum atomic E-state index is 0.148. The summed E-state index contributed by atoms with van der Waals surface area (Å²) in [6.45, 7) is 4.90. The molecule has 0 bridgehead atoms. The Hall–Kier alpha value is -1.99. The molecule has 0 spiro atoms. The van der Waals surface area contributed by atoms with Gasteiger partial charge < -0.3 is 9.80 Å². The third kappa shape index (κ3) is 3.07. The van der Waals surface area contributed by atoms with E-state index in [1.165, 1.54) is 0 Å². The molecular weight excluding hydrogens is 310 g/mol. The maximum absolute atomic E-state index is 12.6. The van der Waals surface area contributed by atoms with Crippen LogP contribution in [0.5, 0.6) is 0 Å². The number of rotatable bonds is 4. The van der Waals surface area contributed by atoms with E-state index in [0.717, 1.165) is 43.4 Å². The van der Waals surface area contributed by atoms with E-state index in [-0.39, 0.29) is 12.1 Å². The molecule has 2 aromatic rings. The maximum Gasteiger partial charge on any atom is 0.320 e. The van der Waals surface area contributed by atoms with E-state index in [2.05, 4.69) is 14.9 Å². The van der Waals surface area contributed by atoms with Crippen molar-refractivity contribution in [2.45, 2.75) is 19.1 Å². The van der Waals surface area contributed by atoms with Crippen molar-refractivity contribution >= 4 is 17.4 Å². The molecule has 2 fully saturated rings. The highest BCUT2D eigenvalue weighted by atomic mass is 32.1. The number of hydrogen-bond acceptors (Lipinski definition) is 5. The smallest absolute Gasteiger partial charge is 0.317 e. The molecule has 0 aliphatic carbocycles. The van der Waals surface area contributed by atoms with Crippen molar-refractivity contribution in [3.63, 3.8) is 0 Å². The van der Waals surface area contributed by atoms with Crippen LogP contribution in [0, 0.1) is 0 Å². The average molecular weight is 329 g/mol. The van der Waals surface area contributed by atoms with Gasteiger partial charge in [0, 0.05) is 44.0 Å². The monoisotopic (exact) mass is 329 g/mol. The molecule has 2 aliphatic heterocycles. The van der Waals surface area contributed by atoms with E-state index in [4.69, 9.17) is 0 Å². The second-order valence-corrected chi connectivity index (χ2v) is 6.97. The second-order valence-electron chi connectivity index (χ2n) is 5.99. The molecule has 2 aliphatic rings. The minimum Gasteiger partial charge on any atom is -0.317 e. The van der Waals surface area contributed by atoms with Crippen molar-refractivity contribution < 1.29 is 4.79 Å². The summed E-state index contributed by atoms with van der Waals surface area (Å²) in [6, 6.07) is 6.26. The van der Waals surface area contributed by atoms with Crippen LogP contribution in [0.2, 0.25) is 0 Å². The summed E-state index contributed by atoms with van der Waals surface area (Å²) in [6.07, 6.45) is 3.63.